The molecule has 1 aromatic rings. The Balaban J connectivity index is 1.93. The van der Waals surface area contributed by atoms with Crippen LogP contribution in [-0.4, -0.2) is 44.2 Å². The monoisotopic (exact) mass is 345 g/mol. The van der Waals surface area contributed by atoms with E-state index in [4.69, 9.17) is 4.74 Å². The smallest absolute Gasteiger partial charge is 0.252 e. The van der Waals surface area contributed by atoms with Gasteiger partial charge in [0.15, 0.2) is 17.5 Å². The summed E-state index contributed by atoms with van der Waals surface area (Å²) in [5.74, 6) is -5.75. The zero-order chi connectivity index (χ0) is 17.7. The standard InChI is InChI=1S/C15H18F3N3O3/c1-24-15(4-6-19-7-5-15)14(23)20-8-11(22)21-10-3-2-9(16)12(17)13(10)18/h2-3,19H,4-8H2,1H3,(H,20,23)(H,21,22). The number of nitrogens with one attached hydrogen (secondary N) is 3. The van der Waals surface area contributed by atoms with Crippen molar-refractivity contribution in [3.05, 3.63) is 29.6 Å². The lowest BCUT2D eigenvalue weighted by atomic mass is 9.91. The van der Waals surface area contributed by atoms with Crippen LogP contribution in [-0.2, 0) is 14.3 Å². The average Bonchev–Trinajstić information content (AvgIpc) is 2.60. The normalized spacial score (nSPS) is 16.5. The number of carbonyl (C=O) groups is 2. The van der Waals surface area contributed by atoms with Crippen molar-refractivity contribution in [1.29, 1.82) is 0 Å². The number of ether oxygens (including phenoxy) is 1. The molecule has 9 heteroatoms. The van der Waals surface area contributed by atoms with Gasteiger partial charge >= 0.3 is 0 Å². The highest BCUT2D eigenvalue weighted by Gasteiger charge is 2.39. The SMILES string of the molecule is COC1(C(=O)NCC(=O)Nc2ccc(F)c(F)c2F)CCNCC1. The van der Waals surface area contributed by atoms with Gasteiger partial charge < -0.3 is 20.7 Å². The molecule has 1 aromatic carbocycles. The molecule has 6 nitrogen and oxygen atoms in total. The fourth-order valence-electron chi connectivity index (χ4n) is 2.49. The minimum Gasteiger partial charge on any atom is -0.368 e. The van der Waals surface area contributed by atoms with Crippen molar-refractivity contribution >= 4 is 17.5 Å². The van der Waals surface area contributed by atoms with Crippen molar-refractivity contribution in [3.63, 3.8) is 0 Å². The Labute approximate surface area is 136 Å². The third kappa shape index (κ3) is 3.85. The molecule has 0 atom stereocenters. The molecular formula is C15H18F3N3O3. The van der Waals surface area contributed by atoms with Crippen LogP contribution < -0.4 is 16.0 Å². The summed E-state index contributed by atoms with van der Waals surface area (Å²) in [6.07, 6.45) is 0.906. The van der Waals surface area contributed by atoms with Gasteiger partial charge in [0.05, 0.1) is 12.2 Å². The van der Waals surface area contributed by atoms with E-state index in [0.29, 0.717) is 32.0 Å². The summed E-state index contributed by atoms with van der Waals surface area (Å²) in [6.45, 7) is 0.761. The van der Waals surface area contributed by atoms with Crippen LogP contribution >= 0.6 is 0 Å². The molecule has 0 aliphatic carbocycles. The van der Waals surface area contributed by atoms with Gasteiger partial charge in [-0.15, -0.1) is 0 Å². The minimum absolute atomic E-state index is 0.449. The summed E-state index contributed by atoms with van der Waals surface area (Å²) >= 11 is 0. The minimum atomic E-state index is -1.68. The molecule has 2 amide bonds. The maximum absolute atomic E-state index is 13.5. The van der Waals surface area contributed by atoms with Crippen LogP contribution in [0.1, 0.15) is 12.8 Å². The number of hydrogen-bond acceptors (Lipinski definition) is 4. The zero-order valence-electron chi connectivity index (χ0n) is 13.0. The molecule has 0 saturated carbocycles. The van der Waals surface area contributed by atoms with Gasteiger partial charge in [-0.25, -0.2) is 13.2 Å². The van der Waals surface area contributed by atoms with Gasteiger partial charge in [0.25, 0.3) is 5.91 Å². The number of anilines is 1. The fourth-order valence-corrected chi connectivity index (χ4v) is 2.49. The second-order valence-electron chi connectivity index (χ2n) is 5.40. The molecule has 1 saturated heterocycles. The summed E-state index contributed by atoms with van der Waals surface area (Å²) in [6, 6.07) is 1.60. The highest BCUT2D eigenvalue weighted by Crippen LogP contribution is 2.22. The van der Waals surface area contributed by atoms with E-state index in [9.17, 15) is 22.8 Å². The molecule has 2 rings (SSSR count). The number of halogens is 3. The number of hydrogen-bond donors (Lipinski definition) is 3. The van der Waals surface area contributed by atoms with E-state index in [1.807, 2.05) is 0 Å². The van der Waals surface area contributed by atoms with Crippen molar-refractivity contribution in [3.8, 4) is 0 Å². The highest BCUT2D eigenvalue weighted by atomic mass is 19.2. The number of benzene rings is 1. The Morgan fingerprint density at radius 2 is 1.88 bits per heavy atom. The van der Waals surface area contributed by atoms with Gasteiger partial charge in [0, 0.05) is 7.11 Å². The third-order valence-corrected chi connectivity index (χ3v) is 3.93. The van der Waals surface area contributed by atoms with Gasteiger partial charge in [0.2, 0.25) is 5.91 Å². The first-order valence-corrected chi connectivity index (χ1v) is 7.37. The molecule has 1 fully saturated rings. The number of piperidine rings is 1. The van der Waals surface area contributed by atoms with E-state index in [2.05, 4.69) is 16.0 Å². The van der Waals surface area contributed by atoms with Gasteiger partial charge in [-0.1, -0.05) is 0 Å². The Morgan fingerprint density at radius 3 is 2.50 bits per heavy atom. The molecule has 24 heavy (non-hydrogen) atoms. The lowest BCUT2D eigenvalue weighted by Crippen LogP contribution is -2.55. The molecule has 1 aliphatic heterocycles. The van der Waals surface area contributed by atoms with Crippen LogP contribution in [0.2, 0.25) is 0 Å². The molecule has 1 aliphatic rings. The van der Waals surface area contributed by atoms with E-state index in [1.54, 1.807) is 0 Å². The molecule has 0 radical (unpaired) electrons. The molecule has 0 bridgehead atoms. The quantitative estimate of drug-likeness (QED) is 0.694. The molecule has 0 spiro atoms. The zero-order valence-corrected chi connectivity index (χ0v) is 13.0. The largest absolute Gasteiger partial charge is 0.368 e. The van der Waals surface area contributed by atoms with Crippen molar-refractivity contribution in [2.24, 2.45) is 0 Å². The van der Waals surface area contributed by atoms with E-state index >= 15 is 0 Å². The van der Waals surface area contributed by atoms with Crippen molar-refractivity contribution < 1.29 is 27.5 Å². The Morgan fingerprint density at radius 1 is 1.21 bits per heavy atom. The number of rotatable bonds is 5. The lowest BCUT2D eigenvalue weighted by molar-refractivity contribution is -0.147. The van der Waals surface area contributed by atoms with Crippen LogP contribution in [0.15, 0.2) is 12.1 Å². The predicted octanol–water partition coefficient (Wildman–Crippen LogP) is 0.927. The fraction of sp³-hybridized carbons (Fsp3) is 0.467. The molecule has 1 heterocycles. The maximum atomic E-state index is 13.5. The predicted molar refractivity (Wildman–Crippen MR) is 79.8 cm³/mol. The van der Waals surface area contributed by atoms with E-state index < -0.39 is 47.1 Å². The topological polar surface area (TPSA) is 79.5 Å². The molecule has 132 valence electrons. The van der Waals surface area contributed by atoms with Crippen molar-refractivity contribution in [2.75, 3.05) is 32.1 Å². The second-order valence-corrected chi connectivity index (χ2v) is 5.40. The molecule has 3 N–H and O–H groups in total. The second kappa shape index (κ2) is 7.63. The molecular weight excluding hydrogens is 327 g/mol. The van der Waals surface area contributed by atoms with Crippen LogP contribution in [0, 0.1) is 17.5 Å². The third-order valence-electron chi connectivity index (χ3n) is 3.93. The molecule has 0 aromatic heterocycles. The summed E-state index contributed by atoms with van der Waals surface area (Å²) in [5, 5.41) is 7.59. The van der Waals surface area contributed by atoms with Crippen molar-refractivity contribution in [2.45, 2.75) is 18.4 Å². The summed E-state index contributed by atoms with van der Waals surface area (Å²) in [4.78, 5) is 24.0. The highest BCUT2D eigenvalue weighted by molar-refractivity contribution is 5.96. The average molecular weight is 345 g/mol. The summed E-state index contributed by atoms with van der Waals surface area (Å²) in [7, 11) is 1.42. The van der Waals surface area contributed by atoms with Crippen LogP contribution in [0.25, 0.3) is 0 Å². The van der Waals surface area contributed by atoms with Gasteiger partial charge in [-0.2, -0.15) is 0 Å². The van der Waals surface area contributed by atoms with E-state index in [-0.39, 0.29) is 0 Å². The number of carbonyl (C=O) groups excluding carboxylic acids is 2. The van der Waals surface area contributed by atoms with Gasteiger partial charge in [0.1, 0.15) is 5.60 Å². The lowest BCUT2D eigenvalue weighted by Gasteiger charge is -2.34. The maximum Gasteiger partial charge on any atom is 0.252 e. The number of amides is 2. The molecule has 0 unspecified atom stereocenters. The van der Waals surface area contributed by atoms with Crippen molar-refractivity contribution in [1.82, 2.24) is 10.6 Å². The summed E-state index contributed by atoms with van der Waals surface area (Å²) in [5.41, 5.74) is -1.52. The van der Waals surface area contributed by atoms with Gasteiger partial charge in [-0.05, 0) is 38.1 Å². The Bertz CT molecular complexity index is 634. The van der Waals surface area contributed by atoms with Crippen LogP contribution in [0.5, 0.6) is 0 Å². The van der Waals surface area contributed by atoms with Crippen LogP contribution in [0.4, 0.5) is 18.9 Å². The first kappa shape index (κ1) is 18.2. The van der Waals surface area contributed by atoms with E-state index in [0.717, 1.165) is 6.07 Å². The number of methoxy groups -OCH3 is 1. The Kier molecular flexibility index (Phi) is 5.79. The van der Waals surface area contributed by atoms with Gasteiger partial charge in [-0.3, -0.25) is 9.59 Å². The van der Waals surface area contributed by atoms with E-state index in [1.165, 1.54) is 7.11 Å². The Hall–Kier alpha value is -2.13. The van der Waals surface area contributed by atoms with Crippen LogP contribution in [0.3, 0.4) is 0 Å². The first-order valence-electron chi connectivity index (χ1n) is 7.37. The first-order chi connectivity index (χ1) is 11.4. The summed E-state index contributed by atoms with van der Waals surface area (Å²) < 4.78 is 44.7.